The number of halogens is 2. The fourth-order valence-corrected chi connectivity index (χ4v) is 6.21. The maximum Gasteiger partial charge on any atom is 0.319 e. The summed E-state index contributed by atoms with van der Waals surface area (Å²) < 4.78 is 52.4. The van der Waals surface area contributed by atoms with Gasteiger partial charge in [0.1, 0.15) is 11.6 Å². The number of nitrogens with zero attached hydrogens (tertiary/aromatic N) is 2. The van der Waals surface area contributed by atoms with E-state index in [0.29, 0.717) is 37.7 Å². The van der Waals surface area contributed by atoms with Gasteiger partial charge >= 0.3 is 6.03 Å². The molecule has 0 radical (unpaired) electrons. The van der Waals surface area contributed by atoms with Crippen LogP contribution in [0, 0.1) is 23.5 Å². The summed E-state index contributed by atoms with van der Waals surface area (Å²) in [5.74, 6) is -0.254. The minimum atomic E-state index is -3.34. The highest BCUT2D eigenvalue weighted by Gasteiger charge is 2.35. The van der Waals surface area contributed by atoms with E-state index in [4.69, 9.17) is 0 Å². The molecule has 4 rings (SSSR count). The Morgan fingerprint density at radius 3 is 2.31 bits per heavy atom. The van der Waals surface area contributed by atoms with Gasteiger partial charge in [0, 0.05) is 43.8 Å². The molecule has 10 heteroatoms. The first-order chi connectivity index (χ1) is 17.2. The van der Waals surface area contributed by atoms with E-state index < -0.39 is 16.1 Å². The molecule has 2 heterocycles. The molecule has 7 nitrogen and oxygen atoms in total. The van der Waals surface area contributed by atoms with Crippen molar-refractivity contribution in [2.75, 3.05) is 44.3 Å². The minimum Gasteiger partial charge on any atom is -0.335 e. The molecule has 0 saturated carbocycles. The predicted octanol–water partition coefficient (Wildman–Crippen LogP) is 3.69. The second-order valence-corrected chi connectivity index (χ2v) is 12.0. The van der Waals surface area contributed by atoms with E-state index in [9.17, 15) is 22.0 Å². The van der Waals surface area contributed by atoms with Crippen LogP contribution in [0.3, 0.4) is 0 Å². The molecule has 2 aliphatic rings. The van der Waals surface area contributed by atoms with Crippen LogP contribution >= 0.6 is 0 Å². The fraction of sp³-hybridized carbons (Fsp3) is 0.500. The van der Waals surface area contributed by atoms with E-state index in [1.54, 1.807) is 0 Å². The first-order valence-electron chi connectivity index (χ1n) is 12.4. The van der Waals surface area contributed by atoms with Crippen LogP contribution in [0.15, 0.2) is 48.5 Å². The molecule has 0 spiro atoms. The number of hydrogen-bond acceptors (Lipinski definition) is 4. The van der Waals surface area contributed by atoms with E-state index in [1.165, 1.54) is 47.0 Å². The number of anilines is 1. The predicted molar refractivity (Wildman–Crippen MR) is 136 cm³/mol. The summed E-state index contributed by atoms with van der Waals surface area (Å²) in [5, 5.41) is 5.75. The van der Waals surface area contributed by atoms with Crippen molar-refractivity contribution >= 4 is 21.7 Å². The summed E-state index contributed by atoms with van der Waals surface area (Å²) in [4.78, 5) is 15.0. The molecule has 0 unspecified atom stereocenters. The van der Waals surface area contributed by atoms with Crippen molar-refractivity contribution in [1.82, 2.24) is 14.5 Å². The van der Waals surface area contributed by atoms with Crippen LogP contribution in [-0.2, 0) is 16.4 Å². The molecule has 0 aliphatic carbocycles. The Morgan fingerprint density at radius 1 is 0.972 bits per heavy atom. The lowest BCUT2D eigenvalue weighted by atomic mass is 9.88. The second-order valence-electron chi connectivity index (χ2n) is 9.98. The summed E-state index contributed by atoms with van der Waals surface area (Å²) in [6.45, 7) is 3.17. The van der Waals surface area contributed by atoms with E-state index in [-0.39, 0.29) is 23.6 Å². The summed E-state index contributed by atoms with van der Waals surface area (Å²) in [7, 11) is -3.34. The van der Waals surface area contributed by atoms with Crippen molar-refractivity contribution in [3.63, 3.8) is 0 Å². The zero-order chi connectivity index (χ0) is 25.7. The quantitative estimate of drug-likeness (QED) is 0.584. The molecule has 2 N–H and O–H groups in total. The molecule has 36 heavy (non-hydrogen) atoms. The zero-order valence-electron chi connectivity index (χ0n) is 20.5. The summed E-state index contributed by atoms with van der Waals surface area (Å²) in [6, 6.07) is 11.6. The smallest absolute Gasteiger partial charge is 0.319 e. The monoisotopic (exact) mass is 520 g/mol. The van der Waals surface area contributed by atoms with Crippen molar-refractivity contribution in [1.29, 1.82) is 0 Å². The molecule has 2 fully saturated rings. The zero-order valence-corrected chi connectivity index (χ0v) is 21.3. The maximum atomic E-state index is 13.3. The van der Waals surface area contributed by atoms with Gasteiger partial charge in [-0.05, 0) is 80.1 Å². The van der Waals surface area contributed by atoms with Crippen LogP contribution in [0.5, 0.6) is 0 Å². The summed E-state index contributed by atoms with van der Waals surface area (Å²) in [5.41, 5.74) is 1.60. The third-order valence-electron chi connectivity index (χ3n) is 7.12. The summed E-state index contributed by atoms with van der Waals surface area (Å²) in [6.07, 6.45) is 4.74. The van der Waals surface area contributed by atoms with Gasteiger partial charge in [0.25, 0.3) is 0 Å². The van der Waals surface area contributed by atoms with Crippen molar-refractivity contribution in [2.45, 2.75) is 31.7 Å². The first kappa shape index (κ1) is 26.5. The molecule has 2 aromatic rings. The molecular weight excluding hydrogens is 486 g/mol. The van der Waals surface area contributed by atoms with Gasteiger partial charge in [-0.15, -0.1) is 0 Å². The van der Waals surface area contributed by atoms with Crippen LogP contribution in [0.2, 0.25) is 0 Å². The van der Waals surface area contributed by atoms with Gasteiger partial charge in [0.15, 0.2) is 0 Å². The maximum absolute atomic E-state index is 13.3. The molecule has 0 aromatic heterocycles. The minimum absolute atomic E-state index is 0.0722. The van der Waals surface area contributed by atoms with E-state index >= 15 is 0 Å². The van der Waals surface area contributed by atoms with Gasteiger partial charge < -0.3 is 15.5 Å². The third kappa shape index (κ3) is 7.47. The van der Waals surface area contributed by atoms with Crippen molar-refractivity contribution < 1.29 is 22.0 Å². The number of piperidine rings is 2. The van der Waals surface area contributed by atoms with Crippen LogP contribution in [0.1, 0.15) is 24.8 Å². The Kier molecular flexibility index (Phi) is 8.58. The number of carbonyl (C=O) groups excluding carboxylic acids is 1. The third-order valence-corrected chi connectivity index (χ3v) is 8.39. The van der Waals surface area contributed by atoms with Crippen molar-refractivity contribution in [2.24, 2.45) is 11.8 Å². The number of amides is 2. The fourth-order valence-electron chi connectivity index (χ4n) is 5.31. The molecule has 2 aromatic carbocycles. The van der Waals surface area contributed by atoms with Gasteiger partial charge in [-0.1, -0.05) is 12.1 Å². The molecular formula is C26H34F2N4O3S. The van der Waals surface area contributed by atoms with Crippen LogP contribution in [0.25, 0.3) is 0 Å². The average Bonchev–Trinajstić information content (AvgIpc) is 2.83. The lowest BCUT2D eigenvalue weighted by Gasteiger charge is -2.42. The highest BCUT2D eigenvalue weighted by molar-refractivity contribution is 7.88. The molecule has 2 saturated heterocycles. The number of sulfonamides is 1. The van der Waals surface area contributed by atoms with Crippen LogP contribution in [-0.4, -0.2) is 68.7 Å². The van der Waals surface area contributed by atoms with Crippen LogP contribution < -0.4 is 10.6 Å². The van der Waals surface area contributed by atoms with Crippen molar-refractivity contribution in [3.05, 3.63) is 65.7 Å². The number of benzene rings is 2. The van der Waals surface area contributed by atoms with Crippen molar-refractivity contribution in [3.8, 4) is 0 Å². The Morgan fingerprint density at radius 2 is 1.64 bits per heavy atom. The van der Waals surface area contributed by atoms with E-state index in [1.807, 2.05) is 12.1 Å². The number of likely N-dealkylation sites (tertiary alicyclic amines) is 1. The molecule has 0 bridgehead atoms. The van der Waals surface area contributed by atoms with Gasteiger partial charge in [-0.3, -0.25) is 0 Å². The number of nitrogens with one attached hydrogen (secondary N) is 2. The molecule has 2 amide bonds. The highest BCUT2D eigenvalue weighted by Crippen LogP contribution is 2.26. The summed E-state index contributed by atoms with van der Waals surface area (Å²) >= 11 is 0. The van der Waals surface area contributed by atoms with E-state index in [0.717, 1.165) is 37.9 Å². The number of carbonyl (C=O) groups is 1. The second kappa shape index (κ2) is 11.7. The molecule has 196 valence electrons. The van der Waals surface area contributed by atoms with E-state index in [2.05, 4.69) is 15.5 Å². The number of rotatable bonds is 7. The Labute approximate surface area is 211 Å². The lowest BCUT2D eigenvalue weighted by molar-refractivity contribution is 0.111. The number of urea groups is 1. The standard InChI is InChI=1S/C26H34F2N4O3S/c1-36(34,35)32-14-12-25(30-26(33)29-24-10-8-23(28)9-11-24)21(18-32)17-31-13-2-3-20(16-31)15-19-4-6-22(27)7-5-19/h4-11,20-21,25H,2-3,12-18H2,1H3,(H2,29,30,33)/t20-,21+,25+/m0/s1. The Bertz CT molecular complexity index is 1130. The molecule has 3 atom stereocenters. The van der Waals surface area contributed by atoms with Gasteiger partial charge in [-0.2, -0.15) is 0 Å². The molecule has 2 aliphatic heterocycles. The first-order valence-corrected chi connectivity index (χ1v) is 14.3. The SMILES string of the molecule is CS(=O)(=O)N1CC[C@@H](NC(=O)Nc2ccc(F)cc2)[C@H](CN2CCC[C@@H](Cc3ccc(F)cc3)C2)C1. The average molecular weight is 521 g/mol. The largest absolute Gasteiger partial charge is 0.335 e. The van der Waals surface area contributed by atoms with Crippen LogP contribution in [0.4, 0.5) is 19.3 Å². The van der Waals surface area contributed by atoms with Gasteiger partial charge in [0.2, 0.25) is 10.0 Å². The van der Waals surface area contributed by atoms with Gasteiger partial charge in [-0.25, -0.2) is 26.3 Å². The highest BCUT2D eigenvalue weighted by atomic mass is 32.2. The Balaban J connectivity index is 1.39. The number of hydrogen-bond donors (Lipinski definition) is 2. The topological polar surface area (TPSA) is 81.8 Å². The lowest BCUT2D eigenvalue weighted by Crippen LogP contribution is -2.56. The normalized spacial score (nSPS) is 23.8. The van der Waals surface area contributed by atoms with Gasteiger partial charge in [0.05, 0.1) is 6.26 Å². The Hall–Kier alpha value is -2.56.